The zero-order valence-electron chi connectivity index (χ0n) is 14.7. The number of aromatic nitrogens is 3. The molecule has 0 aliphatic rings. The van der Waals surface area contributed by atoms with Gasteiger partial charge in [-0.1, -0.05) is 6.92 Å². The first-order valence-corrected chi connectivity index (χ1v) is 8.69. The summed E-state index contributed by atoms with van der Waals surface area (Å²) in [5.41, 5.74) is 2.52. The van der Waals surface area contributed by atoms with Crippen LogP contribution < -0.4 is 16.2 Å². The number of carbonyl (C=O) groups is 1. The molecule has 1 amide bonds. The second-order valence-electron chi connectivity index (χ2n) is 5.56. The van der Waals surface area contributed by atoms with Crippen molar-refractivity contribution in [2.75, 3.05) is 19.6 Å². The molecular formula is C16H23N5O2S. The lowest BCUT2D eigenvalue weighted by Gasteiger charge is -2.07. The molecule has 0 aromatic carbocycles. The summed E-state index contributed by atoms with van der Waals surface area (Å²) in [6.07, 6.45) is 0. The van der Waals surface area contributed by atoms with Gasteiger partial charge in [0.2, 0.25) is 0 Å². The van der Waals surface area contributed by atoms with E-state index >= 15 is 0 Å². The molecule has 7 nitrogen and oxygen atoms in total. The van der Waals surface area contributed by atoms with Crippen LogP contribution in [-0.4, -0.2) is 40.3 Å². The highest BCUT2D eigenvalue weighted by Crippen LogP contribution is 2.28. The number of nitrogens with one attached hydrogen (secondary N) is 2. The standard InChI is InChI=1S/C16H23N5O2S/c1-6-17-7-8-18-14(22)13-11(4)19-15(24-13)12-9(2)10(3)20-21(5)16(12)23/h17H,6-8H2,1-5H3,(H,18,22). The molecule has 0 spiro atoms. The van der Waals surface area contributed by atoms with Crippen LogP contribution in [-0.2, 0) is 7.05 Å². The van der Waals surface area contributed by atoms with Gasteiger partial charge in [0, 0.05) is 20.1 Å². The Morgan fingerprint density at radius 2 is 1.92 bits per heavy atom. The van der Waals surface area contributed by atoms with E-state index in [-0.39, 0.29) is 11.5 Å². The first-order valence-electron chi connectivity index (χ1n) is 7.88. The highest BCUT2D eigenvalue weighted by Gasteiger charge is 2.20. The maximum Gasteiger partial charge on any atom is 0.277 e. The number of thiazole rings is 1. The molecule has 0 atom stereocenters. The first kappa shape index (κ1) is 18.3. The maximum atomic E-state index is 12.4. The van der Waals surface area contributed by atoms with Crippen molar-refractivity contribution in [3.05, 3.63) is 32.2 Å². The van der Waals surface area contributed by atoms with Gasteiger partial charge in [0.15, 0.2) is 0 Å². The fraction of sp³-hybridized carbons (Fsp3) is 0.500. The zero-order valence-corrected chi connectivity index (χ0v) is 15.5. The molecule has 0 fully saturated rings. The lowest BCUT2D eigenvalue weighted by molar-refractivity contribution is 0.0957. The molecule has 2 heterocycles. The van der Waals surface area contributed by atoms with Crippen molar-refractivity contribution < 1.29 is 4.79 Å². The van der Waals surface area contributed by atoms with E-state index < -0.39 is 0 Å². The normalized spacial score (nSPS) is 10.9. The van der Waals surface area contributed by atoms with Gasteiger partial charge in [0.1, 0.15) is 9.88 Å². The third-order valence-corrected chi connectivity index (χ3v) is 4.95. The molecule has 0 radical (unpaired) electrons. The van der Waals surface area contributed by atoms with E-state index in [2.05, 4.69) is 20.7 Å². The number of hydrogen-bond acceptors (Lipinski definition) is 6. The predicted octanol–water partition coefficient (Wildman–Crippen LogP) is 1.17. The second-order valence-corrected chi connectivity index (χ2v) is 6.56. The van der Waals surface area contributed by atoms with Gasteiger partial charge in [-0.05, 0) is 32.9 Å². The Labute approximate surface area is 145 Å². The SMILES string of the molecule is CCNCCNC(=O)c1sc(-c2c(C)c(C)nn(C)c2=O)nc1C. The van der Waals surface area contributed by atoms with Crippen molar-refractivity contribution in [3.63, 3.8) is 0 Å². The topological polar surface area (TPSA) is 88.9 Å². The smallest absolute Gasteiger partial charge is 0.277 e. The maximum absolute atomic E-state index is 12.4. The molecule has 0 unspecified atom stereocenters. The van der Waals surface area contributed by atoms with Gasteiger partial charge in [0.05, 0.1) is 17.0 Å². The Kier molecular flexibility index (Phi) is 5.84. The summed E-state index contributed by atoms with van der Waals surface area (Å²) in [5.74, 6) is -0.158. The summed E-state index contributed by atoms with van der Waals surface area (Å²) < 4.78 is 1.31. The third kappa shape index (κ3) is 3.70. The third-order valence-electron chi connectivity index (χ3n) is 3.78. The number of hydrogen-bond donors (Lipinski definition) is 2. The highest BCUT2D eigenvalue weighted by atomic mass is 32.1. The van der Waals surface area contributed by atoms with E-state index in [1.54, 1.807) is 14.0 Å². The van der Waals surface area contributed by atoms with E-state index in [0.29, 0.717) is 27.7 Å². The second kappa shape index (κ2) is 7.67. The molecule has 2 aromatic heterocycles. The quantitative estimate of drug-likeness (QED) is 0.764. The van der Waals surface area contributed by atoms with E-state index in [1.807, 2.05) is 20.8 Å². The molecule has 2 N–H and O–H groups in total. The minimum atomic E-state index is -0.203. The van der Waals surface area contributed by atoms with Crippen molar-refractivity contribution >= 4 is 17.2 Å². The minimum absolute atomic E-state index is 0.158. The van der Waals surface area contributed by atoms with Crippen molar-refractivity contribution in [1.82, 2.24) is 25.4 Å². The molecule has 24 heavy (non-hydrogen) atoms. The number of carbonyl (C=O) groups excluding carboxylic acids is 1. The number of likely N-dealkylation sites (N-methyl/N-ethyl adjacent to an activating group) is 1. The summed E-state index contributed by atoms with van der Waals surface area (Å²) in [4.78, 5) is 29.7. The number of aryl methyl sites for hydroxylation is 3. The molecule has 2 rings (SSSR count). The van der Waals surface area contributed by atoms with Crippen molar-refractivity contribution in [1.29, 1.82) is 0 Å². The van der Waals surface area contributed by atoms with Gasteiger partial charge in [-0.3, -0.25) is 9.59 Å². The molecule has 130 valence electrons. The largest absolute Gasteiger partial charge is 0.350 e. The van der Waals surface area contributed by atoms with Crippen LogP contribution in [0, 0.1) is 20.8 Å². The van der Waals surface area contributed by atoms with Gasteiger partial charge in [-0.2, -0.15) is 5.10 Å². The van der Waals surface area contributed by atoms with Gasteiger partial charge in [-0.25, -0.2) is 9.67 Å². The lowest BCUT2D eigenvalue weighted by Crippen LogP contribution is -2.31. The molecule has 0 bridgehead atoms. The monoisotopic (exact) mass is 349 g/mol. The van der Waals surface area contributed by atoms with E-state index in [4.69, 9.17) is 0 Å². The van der Waals surface area contributed by atoms with Crippen LogP contribution >= 0.6 is 11.3 Å². The van der Waals surface area contributed by atoms with E-state index in [9.17, 15) is 9.59 Å². The molecule has 0 aliphatic carbocycles. The molecule has 2 aromatic rings. The Bertz CT molecular complexity index is 810. The van der Waals surface area contributed by atoms with Crippen LogP contribution in [0.2, 0.25) is 0 Å². The van der Waals surface area contributed by atoms with Crippen LogP contribution in [0.5, 0.6) is 0 Å². The fourth-order valence-corrected chi connectivity index (χ4v) is 3.41. The van der Waals surface area contributed by atoms with E-state index in [0.717, 1.165) is 24.3 Å². The van der Waals surface area contributed by atoms with Gasteiger partial charge < -0.3 is 10.6 Å². The highest BCUT2D eigenvalue weighted by molar-refractivity contribution is 7.17. The summed E-state index contributed by atoms with van der Waals surface area (Å²) in [7, 11) is 1.62. The number of nitrogens with zero attached hydrogens (tertiary/aromatic N) is 3. The van der Waals surface area contributed by atoms with Crippen molar-refractivity contribution in [3.8, 4) is 10.6 Å². The van der Waals surface area contributed by atoms with Gasteiger partial charge in [0.25, 0.3) is 11.5 Å². The minimum Gasteiger partial charge on any atom is -0.350 e. The van der Waals surface area contributed by atoms with Crippen LogP contribution in [0.15, 0.2) is 4.79 Å². The van der Waals surface area contributed by atoms with E-state index in [1.165, 1.54) is 16.0 Å². The zero-order chi connectivity index (χ0) is 17.9. The molecule has 8 heteroatoms. The molecule has 0 saturated carbocycles. The summed E-state index contributed by atoms with van der Waals surface area (Å²) >= 11 is 1.25. The number of amides is 1. The van der Waals surface area contributed by atoms with Crippen LogP contribution in [0.3, 0.4) is 0 Å². The average Bonchev–Trinajstić information content (AvgIpc) is 2.91. The Morgan fingerprint density at radius 1 is 1.21 bits per heavy atom. The van der Waals surface area contributed by atoms with Crippen LogP contribution in [0.25, 0.3) is 10.6 Å². The van der Waals surface area contributed by atoms with Crippen LogP contribution in [0.1, 0.15) is 33.5 Å². The number of rotatable bonds is 6. The first-order chi connectivity index (χ1) is 11.4. The Morgan fingerprint density at radius 3 is 2.58 bits per heavy atom. The molecule has 0 saturated heterocycles. The fourth-order valence-electron chi connectivity index (χ4n) is 2.34. The summed E-state index contributed by atoms with van der Waals surface area (Å²) in [6.45, 7) is 9.64. The predicted molar refractivity (Wildman–Crippen MR) is 95.7 cm³/mol. The summed E-state index contributed by atoms with van der Waals surface area (Å²) in [6, 6.07) is 0. The lowest BCUT2D eigenvalue weighted by atomic mass is 10.1. The van der Waals surface area contributed by atoms with Crippen molar-refractivity contribution in [2.45, 2.75) is 27.7 Å². The van der Waals surface area contributed by atoms with Crippen molar-refractivity contribution in [2.24, 2.45) is 7.05 Å². The van der Waals surface area contributed by atoms with Gasteiger partial charge in [-0.15, -0.1) is 11.3 Å². The molecular weight excluding hydrogens is 326 g/mol. The Hall–Kier alpha value is -2.06. The van der Waals surface area contributed by atoms with Gasteiger partial charge >= 0.3 is 0 Å². The van der Waals surface area contributed by atoms with Crippen LogP contribution in [0.4, 0.5) is 0 Å². The molecule has 0 aliphatic heterocycles. The average molecular weight is 349 g/mol. The Balaban J connectivity index is 2.33. The summed E-state index contributed by atoms with van der Waals surface area (Å²) in [5, 5.41) is 10.8.